The van der Waals surface area contributed by atoms with Crippen molar-refractivity contribution in [1.29, 1.82) is 0 Å². The van der Waals surface area contributed by atoms with Crippen LogP contribution >= 0.6 is 11.6 Å². The first-order valence-electron chi connectivity index (χ1n) is 6.01. The second-order valence-electron chi connectivity index (χ2n) is 4.02. The lowest BCUT2D eigenvalue weighted by atomic mass is 10.2. The molecule has 0 saturated carbocycles. The molecule has 0 spiro atoms. The van der Waals surface area contributed by atoms with E-state index in [1.54, 1.807) is 0 Å². The molecule has 4 heteroatoms. The molecule has 1 aromatic heterocycles. The van der Waals surface area contributed by atoms with E-state index in [1.165, 1.54) is 5.56 Å². The Morgan fingerprint density at radius 3 is 2.39 bits per heavy atom. The van der Waals surface area contributed by atoms with Crippen molar-refractivity contribution in [2.75, 3.05) is 11.4 Å². The van der Waals surface area contributed by atoms with Gasteiger partial charge in [-0.2, -0.15) is 5.10 Å². The first kappa shape index (κ1) is 12.8. The average molecular weight is 262 g/mol. The number of hydrogen-bond donors (Lipinski definition) is 0. The summed E-state index contributed by atoms with van der Waals surface area (Å²) in [5.74, 6) is 1.29. The minimum atomic E-state index is 0.401. The molecule has 1 aromatic carbocycles. The number of rotatable bonds is 5. The van der Waals surface area contributed by atoms with Gasteiger partial charge in [0, 0.05) is 13.1 Å². The predicted octanol–water partition coefficient (Wildman–Crippen LogP) is 3.24. The van der Waals surface area contributed by atoms with Crippen LogP contribution < -0.4 is 4.90 Å². The van der Waals surface area contributed by atoms with Gasteiger partial charge in [0.15, 0.2) is 5.82 Å². The molecule has 0 N–H and O–H groups in total. The van der Waals surface area contributed by atoms with Crippen molar-refractivity contribution in [1.82, 2.24) is 10.2 Å². The lowest BCUT2D eigenvalue weighted by molar-refractivity contribution is 0.791. The monoisotopic (exact) mass is 261 g/mol. The highest BCUT2D eigenvalue weighted by molar-refractivity contribution is 6.16. The fourth-order valence-electron chi connectivity index (χ4n) is 1.75. The normalized spacial score (nSPS) is 10.3. The summed E-state index contributed by atoms with van der Waals surface area (Å²) in [6, 6.07) is 14.2. The summed E-state index contributed by atoms with van der Waals surface area (Å²) in [4.78, 5) is 2.18. The van der Waals surface area contributed by atoms with Crippen molar-refractivity contribution in [3.63, 3.8) is 0 Å². The van der Waals surface area contributed by atoms with Crippen LogP contribution in [0.1, 0.15) is 18.2 Å². The minimum Gasteiger partial charge on any atom is -0.351 e. The van der Waals surface area contributed by atoms with Gasteiger partial charge >= 0.3 is 0 Å². The zero-order valence-corrected chi connectivity index (χ0v) is 11.1. The molecule has 3 nitrogen and oxygen atoms in total. The maximum absolute atomic E-state index is 5.71. The number of halogens is 1. The second-order valence-corrected chi connectivity index (χ2v) is 4.28. The lowest BCUT2D eigenvalue weighted by Gasteiger charge is -2.21. The summed E-state index contributed by atoms with van der Waals surface area (Å²) in [6.45, 7) is 3.84. The molecule has 2 aromatic rings. The fraction of sp³-hybridized carbons (Fsp3) is 0.286. The molecule has 1 heterocycles. The highest BCUT2D eigenvalue weighted by atomic mass is 35.5. The van der Waals surface area contributed by atoms with Gasteiger partial charge in [-0.15, -0.1) is 16.7 Å². The Labute approximate surface area is 112 Å². The number of aromatic nitrogens is 2. The molecule has 0 unspecified atom stereocenters. The Morgan fingerprint density at radius 2 is 1.83 bits per heavy atom. The van der Waals surface area contributed by atoms with E-state index in [1.807, 2.05) is 30.3 Å². The Hall–Kier alpha value is -1.61. The molecule has 94 valence electrons. The molecule has 2 rings (SSSR count). The van der Waals surface area contributed by atoms with E-state index in [4.69, 9.17) is 11.6 Å². The standard InChI is InChI=1S/C14H16ClN3/c1-2-18(11-12-6-4-3-5-7-12)14-9-8-13(10-15)16-17-14/h3-9H,2,10-11H2,1H3. The number of anilines is 1. The molecule has 0 atom stereocenters. The molecule has 0 amide bonds. The quantitative estimate of drug-likeness (QED) is 0.774. The third-order valence-corrected chi connectivity index (χ3v) is 3.04. The molecular formula is C14H16ClN3. The van der Waals surface area contributed by atoms with E-state index in [2.05, 4.69) is 34.2 Å². The van der Waals surface area contributed by atoms with Crippen molar-refractivity contribution in [2.45, 2.75) is 19.3 Å². The smallest absolute Gasteiger partial charge is 0.151 e. The summed E-state index contributed by atoms with van der Waals surface area (Å²) in [5, 5.41) is 8.29. The fourth-order valence-corrected chi connectivity index (χ4v) is 1.89. The van der Waals surface area contributed by atoms with Crippen LogP contribution in [0.5, 0.6) is 0 Å². The third-order valence-electron chi connectivity index (χ3n) is 2.76. The molecule has 0 radical (unpaired) electrons. The van der Waals surface area contributed by atoms with E-state index in [0.29, 0.717) is 5.88 Å². The van der Waals surface area contributed by atoms with Gasteiger partial charge in [0.2, 0.25) is 0 Å². The average Bonchev–Trinajstić information content (AvgIpc) is 2.46. The minimum absolute atomic E-state index is 0.401. The molecule has 0 fully saturated rings. The Bertz CT molecular complexity index is 470. The molecule has 0 aliphatic heterocycles. The Balaban J connectivity index is 2.12. The van der Waals surface area contributed by atoms with E-state index >= 15 is 0 Å². The summed E-state index contributed by atoms with van der Waals surface area (Å²) >= 11 is 5.71. The highest BCUT2D eigenvalue weighted by Crippen LogP contribution is 2.14. The van der Waals surface area contributed by atoms with Gasteiger partial charge in [-0.25, -0.2) is 0 Å². The molecule has 0 saturated heterocycles. The van der Waals surface area contributed by atoms with Gasteiger partial charge in [-0.1, -0.05) is 30.3 Å². The van der Waals surface area contributed by atoms with E-state index in [-0.39, 0.29) is 0 Å². The number of nitrogens with zero attached hydrogens (tertiary/aromatic N) is 3. The maximum Gasteiger partial charge on any atom is 0.151 e. The van der Waals surface area contributed by atoms with Crippen LogP contribution in [0, 0.1) is 0 Å². The molecular weight excluding hydrogens is 246 g/mol. The summed E-state index contributed by atoms with van der Waals surface area (Å²) in [5.41, 5.74) is 2.07. The van der Waals surface area contributed by atoms with Crippen molar-refractivity contribution in [3.8, 4) is 0 Å². The van der Waals surface area contributed by atoms with Gasteiger partial charge in [0.25, 0.3) is 0 Å². The highest BCUT2D eigenvalue weighted by Gasteiger charge is 2.07. The molecule has 0 aliphatic rings. The van der Waals surface area contributed by atoms with Crippen LogP contribution in [-0.2, 0) is 12.4 Å². The Kier molecular flexibility index (Phi) is 4.53. The largest absolute Gasteiger partial charge is 0.351 e. The van der Waals surface area contributed by atoms with Crippen molar-refractivity contribution in [2.24, 2.45) is 0 Å². The van der Waals surface area contributed by atoms with Crippen LogP contribution in [0.25, 0.3) is 0 Å². The first-order chi connectivity index (χ1) is 8.83. The van der Waals surface area contributed by atoms with Crippen LogP contribution in [-0.4, -0.2) is 16.7 Å². The number of alkyl halides is 1. The lowest BCUT2D eigenvalue weighted by Crippen LogP contribution is -2.23. The van der Waals surface area contributed by atoms with E-state index in [0.717, 1.165) is 24.6 Å². The molecule has 18 heavy (non-hydrogen) atoms. The maximum atomic E-state index is 5.71. The van der Waals surface area contributed by atoms with E-state index in [9.17, 15) is 0 Å². The third kappa shape index (κ3) is 3.20. The molecule has 0 aliphatic carbocycles. The number of hydrogen-bond acceptors (Lipinski definition) is 3. The zero-order chi connectivity index (χ0) is 12.8. The van der Waals surface area contributed by atoms with Crippen molar-refractivity contribution >= 4 is 17.4 Å². The zero-order valence-electron chi connectivity index (χ0n) is 10.4. The topological polar surface area (TPSA) is 29.0 Å². The van der Waals surface area contributed by atoms with Crippen molar-refractivity contribution < 1.29 is 0 Å². The summed E-state index contributed by atoms with van der Waals surface area (Å²) < 4.78 is 0. The van der Waals surface area contributed by atoms with Crippen LogP contribution in [0.4, 0.5) is 5.82 Å². The van der Waals surface area contributed by atoms with Gasteiger partial charge in [0.1, 0.15) is 0 Å². The van der Waals surface area contributed by atoms with Gasteiger partial charge in [-0.3, -0.25) is 0 Å². The molecule has 0 bridgehead atoms. The van der Waals surface area contributed by atoms with Gasteiger partial charge in [-0.05, 0) is 24.6 Å². The van der Waals surface area contributed by atoms with Crippen LogP contribution in [0.3, 0.4) is 0 Å². The van der Waals surface area contributed by atoms with Crippen molar-refractivity contribution in [3.05, 3.63) is 53.7 Å². The summed E-state index contributed by atoms with van der Waals surface area (Å²) in [6.07, 6.45) is 0. The van der Waals surface area contributed by atoms with Crippen LogP contribution in [0.15, 0.2) is 42.5 Å². The van der Waals surface area contributed by atoms with E-state index < -0.39 is 0 Å². The first-order valence-corrected chi connectivity index (χ1v) is 6.54. The predicted molar refractivity (Wildman–Crippen MR) is 74.8 cm³/mol. The SMILES string of the molecule is CCN(Cc1ccccc1)c1ccc(CCl)nn1. The van der Waals surface area contributed by atoms with Gasteiger partial charge in [0.05, 0.1) is 11.6 Å². The number of benzene rings is 1. The van der Waals surface area contributed by atoms with Crippen LogP contribution in [0.2, 0.25) is 0 Å². The summed E-state index contributed by atoms with van der Waals surface area (Å²) in [7, 11) is 0. The van der Waals surface area contributed by atoms with Gasteiger partial charge < -0.3 is 4.90 Å². The second kappa shape index (κ2) is 6.36. The Morgan fingerprint density at radius 1 is 1.06 bits per heavy atom.